The van der Waals surface area contributed by atoms with Gasteiger partial charge in [-0.3, -0.25) is 4.99 Å². The molecule has 1 N–H and O–H groups in total. The van der Waals surface area contributed by atoms with E-state index < -0.39 is 0 Å². The summed E-state index contributed by atoms with van der Waals surface area (Å²) < 4.78 is 21.9. The van der Waals surface area contributed by atoms with Crippen LogP contribution in [0, 0.1) is 0 Å². The normalized spacial score (nSPS) is 20.5. The third kappa shape index (κ3) is 4.66. The summed E-state index contributed by atoms with van der Waals surface area (Å²) in [5.74, 6) is 2.46. The molecule has 0 atom stereocenters. The zero-order chi connectivity index (χ0) is 21.7. The van der Waals surface area contributed by atoms with E-state index in [9.17, 15) is 4.79 Å². The second kappa shape index (κ2) is 9.64. The standard InChI is InChI=1S/C22H32N4O5/c1-3-29-21(27)26-10-8-25(9-11-26)20(23-2)24-15-22(6-12-28-13-7-22)17-4-5-18-19(14-17)31-16-30-18/h4-5,14H,3,6-13,15-16H2,1-2H3,(H,23,24). The molecule has 0 spiro atoms. The smallest absolute Gasteiger partial charge is 0.409 e. The number of guanidine groups is 1. The molecule has 2 saturated heterocycles. The number of fused-ring (bicyclic) bond motifs is 1. The Hall–Kier alpha value is -2.68. The second-order valence-corrected chi connectivity index (χ2v) is 8.03. The van der Waals surface area contributed by atoms with E-state index in [2.05, 4.69) is 27.3 Å². The Labute approximate surface area is 183 Å². The highest BCUT2D eigenvalue weighted by Gasteiger charge is 2.36. The summed E-state index contributed by atoms with van der Waals surface area (Å²) in [6, 6.07) is 6.25. The SMILES string of the molecule is CCOC(=O)N1CCN(C(=NC)NCC2(c3ccc4c(c3)OCO4)CCOCC2)CC1. The van der Waals surface area contributed by atoms with Gasteiger partial charge in [-0.2, -0.15) is 0 Å². The Bertz CT molecular complexity index is 801. The number of aliphatic imine (C=N–C) groups is 1. The number of carbonyl (C=O) groups is 1. The number of hydrogen-bond acceptors (Lipinski definition) is 6. The molecule has 0 aliphatic carbocycles. The average molecular weight is 433 g/mol. The van der Waals surface area contributed by atoms with E-state index >= 15 is 0 Å². The largest absolute Gasteiger partial charge is 0.454 e. The van der Waals surface area contributed by atoms with Gasteiger partial charge in [0.2, 0.25) is 6.79 Å². The van der Waals surface area contributed by atoms with Gasteiger partial charge in [0.05, 0.1) is 6.61 Å². The summed E-state index contributed by atoms with van der Waals surface area (Å²) >= 11 is 0. The molecule has 1 amide bonds. The summed E-state index contributed by atoms with van der Waals surface area (Å²) in [6.45, 7) is 7.40. The van der Waals surface area contributed by atoms with Crippen molar-refractivity contribution in [1.29, 1.82) is 0 Å². The van der Waals surface area contributed by atoms with Crippen LogP contribution in [0.15, 0.2) is 23.2 Å². The number of carbonyl (C=O) groups excluding carboxylic acids is 1. The fraction of sp³-hybridized carbons (Fsp3) is 0.636. The molecule has 0 saturated carbocycles. The molecule has 170 valence electrons. The Balaban J connectivity index is 1.42. The quantitative estimate of drug-likeness (QED) is 0.574. The molecule has 1 aromatic carbocycles. The first-order valence-corrected chi connectivity index (χ1v) is 11.0. The van der Waals surface area contributed by atoms with Crippen LogP contribution < -0.4 is 14.8 Å². The highest BCUT2D eigenvalue weighted by Crippen LogP contribution is 2.40. The van der Waals surface area contributed by atoms with Gasteiger partial charge in [-0.25, -0.2) is 4.79 Å². The Kier molecular flexibility index (Phi) is 6.70. The van der Waals surface area contributed by atoms with Crippen LogP contribution in [0.25, 0.3) is 0 Å². The van der Waals surface area contributed by atoms with Gasteiger partial charge in [0.1, 0.15) is 0 Å². The first-order valence-electron chi connectivity index (χ1n) is 11.0. The van der Waals surface area contributed by atoms with Crippen LogP contribution in [-0.4, -0.2) is 88.2 Å². The summed E-state index contributed by atoms with van der Waals surface area (Å²) in [5, 5.41) is 3.60. The maximum absolute atomic E-state index is 12.0. The lowest BCUT2D eigenvalue weighted by atomic mass is 9.74. The van der Waals surface area contributed by atoms with Gasteiger partial charge in [-0.1, -0.05) is 6.07 Å². The van der Waals surface area contributed by atoms with E-state index in [0.717, 1.165) is 63.1 Å². The third-order valence-electron chi connectivity index (χ3n) is 6.34. The van der Waals surface area contributed by atoms with Crippen molar-refractivity contribution in [3.8, 4) is 11.5 Å². The first kappa shape index (κ1) is 21.5. The number of benzene rings is 1. The minimum absolute atomic E-state index is 0.0675. The topological polar surface area (TPSA) is 84.9 Å². The van der Waals surface area contributed by atoms with Crippen LogP contribution >= 0.6 is 0 Å². The predicted octanol–water partition coefficient (Wildman–Crippen LogP) is 1.81. The van der Waals surface area contributed by atoms with Crippen molar-refractivity contribution < 1.29 is 23.7 Å². The predicted molar refractivity (Wildman–Crippen MR) is 116 cm³/mol. The Morgan fingerprint density at radius 1 is 1.13 bits per heavy atom. The molecule has 9 nitrogen and oxygen atoms in total. The molecule has 31 heavy (non-hydrogen) atoms. The fourth-order valence-corrected chi connectivity index (χ4v) is 4.45. The molecule has 3 aliphatic rings. The van der Waals surface area contributed by atoms with Crippen LogP contribution in [0.1, 0.15) is 25.3 Å². The second-order valence-electron chi connectivity index (χ2n) is 8.03. The molecule has 4 rings (SSSR count). The van der Waals surface area contributed by atoms with E-state index in [-0.39, 0.29) is 18.3 Å². The van der Waals surface area contributed by atoms with Crippen molar-refractivity contribution in [3.05, 3.63) is 23.8 Å². The lowest BCUT2D eigenvalue weighted by Crippen LogP contribution is -2.55. The van der Waals surface area contributed by atoms with E-state index in [1.54, 1.807) is 11.9 Å². The lowest BCUT2D eigenvalue weighted by molar-refractivity contribution is 0.0509. The monoisotopic (exact) mass is 432 g/mol. The summed E-state index contributed by atoms with van der Waals surface area (Å²) in [5.41, 5.74) is 1.16. The van der Waals surface area contributed by atoms with Gasteiger partial charge in [-0.15, -0.1) is 0 Å². The molecule has 9 heteroatoms. The number of nitrogens with zero attached hydrogens (tertiary/aromatic N) is 3. The zero-order valence-corrected chi connectivity index (χ0v) is 18.4. The molecule has 0 unspecified atom stereocenters. The van der Waals surface area contributed by atoms with Gasteiger partial charge < -0.3 is 34.1 Å². The van der Waals surface area contributed by atoms with Crippen molar-refractivity contribution in [2.75, 3.05) is 66.4 Å². The lowest BCUT2D eigenvalue weighted by Gasteiger charge is -2.40. The van der Waals surface area contributed by atoms with E-state index in [0.29, 0.717) is 19.7 Å². The van der Waals surface area contributed by atoms with Crippen LogP contribution in [-0.2, 0) is 14.9 Å². The Morgan fingerprint density at radius 3 is 2.55 bits per heavy atom. The molecule has 3 heterocycles. The molecule has 0 aromatic heterocycles. The van der Waals surface area contributed by atoms with Crippen molar-refractivity contribution in [1.82, 2.24) is 15.1 Å². The average Bonchev–Trinajstić information content (AvgIpc) is 3.29. The minimum atomic E-state index is -0.242. The van der Waals surface area contributed by atoms with E-state index in [1.165, 1.54) is 5.56 Å². The number of nitrogens with one attached hydrogen (secondary N) is 1. The van der Waals surface area contributed by atoms with Gasteiger partial charge in [0.25, 0.3) is 0 Å². The number of piperazine rings is 1. The van der Waals surface area contributed by atoms with Crippen molar-refractivity contribution in [2.45, 2.75) is 25.2 Å². The number of hydrogen-bond donors (Lipinski definition) is 1. The highest BCUT2D eigenvalue weighted by molar-refractivity contribution is 5.80. The van der Waals surface area contributed by atoms with Gasteiger partial charge in [0.15, 0.2) is 17.5 Å². The first-order chi connectivity index (χ1) is 15.1. The van der Waals surface area contributed by atoms with Crippen molar-refractivity contribution in [2.24, 2.45) is 4.99 Å². The third-order valence-corrected chi connectivity index (χ3v) is 6.34. The molecule has 0 bridgehead atoms. The Morgan fingerprint density at radius 2 is 1.84 bits per heavy atom. The highest BCUT2D eigenvalue weighted by atomic mass is 16.7. The molecule has 2 fully saturated rings. The maximum atomic E-state index is 12.0. The fourth-order valence-electron chi connectivity index (χ4n) is 4.45. The van der Waals surface area contributed by atoms with E-state index in [4.69, 9.17) is 18.9 Å². The molecule has 3 aliphatic heterocycles. The zero-order valence-electron chi connectivity index (χ0n) is 18.4. The van der Waals surface area contributed by atoms with E-state index in [1.807, 2.05) is 13.0 Å². The number of amides is 1. The van der Waals surface area contributed by atoms with Crippen molar-refractivity contribution in [3.63, 3.8) is 0 Å². The summed E-state index contributed by atoms with van der Waals surface area (Å²) in [4.78, 5) is 20.4. The summed E-state index contributed by atoms with van der Waals surface area (Å²) in [6.07, 6.45) is 1.61. The molecular weight excluding hydrogens is 400 g/mol. The summed E-state index contributed by atoms with van der Waals surface area (Å²) in [7, 11) is 1.80. The number of ether oxygens (including phenoxy) is 4. The van der Waals surface area contributed by atoms with Crippen LogP contribution in [0.3, 0.4) is 0 Å². The molecular formula is C22H32N4O5. The number of rotatable bonds is 4. The van der Waals surface area contributed by atoms with Crippen LogP contribution in [0.2, 0.25) is 0 Å². The minimum Gasteiger partial charge on any atom is -0.454 e. The van der Waals surface area contributed by atoms with Crippen molar-refractivity contribution >= 4 is 12.1 Å². The van der Waals surface area contributed by atoms with Crippen LogP contribution in [0.4, 0.5) is 4.79 Å². The van der Waals surface area contributed by atoms with Gasteiger partial charge >= 0.3 is 6.09 Å². The molecule has 1 aromatic rings. The maximum Gasteiger partial charge on any atom is 0.409 e. The molecule has 0 radical (unpaired) electrons. The van der Waals surface area contributed by atoms with Crippen LogP contribution in [0.5, 0.6) is 11.5 Å². The van der Waals surface area contributed by atoms with Gasteiger partial charge in [0, 0.05) is 58.4 Å². The van der Waals surface area contributed by atoms with Gasteiger partial charge in [-0.05, 0) is 37.5 Å².